The Morgan fingerprint density at radius 3 is 2.75 bits per heavy atom. The van der Waals surface area contributed by atoms with Gasteiger partial charge in [-0.2, -0.15) is 0 Å². The Bertz CT molecular complexity index is 203. The third kappa shape index (κ3) is 7.65. The van der Waals surface area contributed by atoms with Gasteiger partial charge in [0.25, 0.3) is 0 Å². The van der Waals surface area contributed by atoms with Crippen LogP contribution in [0.4, 0.5) is 0 Å². The molecule has 0 bridgehead atoms. The van der Waals surface area contributed by atoms with Gasteiger partial charge in [0.1, 0.15) is 0 Å². The molecular formula is C12H24N2O2. The van der Waals surface area contributed by atoms with Gasteiger partial charge in [0.15, 0.2) is 0 Å². The fourth-order valence-corrected chi connectivity index (χ4v) is 1.27. The summed E-state index contributed by atoms with van der Waals surface area (Å²) in [5.74, 6) is 0.747. The predicted octanol–water partition coefficient (Wildman–Crippen LogP) is 0.917. The average Bonchev–Trinajstić information content (AvgIpc) is 3.03. The van der Waals surface area contributed by atoms with Crippen molar-refractivity contribution >= 4 is 5.91 Å². The molecule has 0 unspecified atom stereocenters. The number of rotatable bonds is 9. The molecule has 0 aromatic heterocycles. The standard InChI is InChI=1S/C12H24N2O2/c1-10(2)5-7-16-8-6-13-12(15)9-14-11-3-4-11/h10-11,14H,3-9H2,1-2H3,(H,13,15). The van der Waals surface area contributed by atoms with Crippen LogP contribution < -0.4 is 10.6 Å². The number of amides is 1. The maximum Gasteiger partial charge on any atom is 0.234 e. The smallest absolute Gasteiger partial charge is 0.234 e. The van der Waals surface area contributed by atoms with E-state index in [1.54, 1.807) is 0 Å². The van der Waals surface area contributed by atoms with E-state index >= 15 is 0 Å². The molecule has 4 heteroatoms. The molecule has 1 fully saturated rings. The third-order valence-corrected chi connectivity index (χ3v) is 2.54. The summed E-state index contributed by atoms with van der Waals surface area (Å²) in [6, 6.07) is 0.591. The zero-order chi connectivity index (χ0) is 11.8. The lowest BCUT2D eigenvalue weighted by Crippen LogP contribution is -2.36. The maximum absolute atomic E-state index is 11.3. The molecule has 0 aromatic carbocycles. The summed E-state index contributed by atoms with van der Waals surface area (Å²) < 4.78 is 5.40. The highest BCUT2D eigenvalue weighted by Gasteiger charge is 2.20. The molecule has 0 spiro atoms. The highest BCUT2D eigenvalue weighted by Crippen LogP contribution is 2.17. The van der Waals surface area contributed by atoms with E-state index in [2.05, 4.69) is 24.5 Å². The largest absolute Gasteiger partial charge is 0.380 e. The minimum atomic E-state index is 0.0689. The Morgan fingerprint density at radius 2 is 2.12 bits per heavy atom. The Balaban J connectivity index is 1.80. The van der Waals surface area contributed by atoms with Crippen molar-refractivity contribution in [1.82, 2.24) is 10.6 Å². The van der Waals surface area contributed by atoms with Crippen LogP contribution in [0.25, 0.3) is 0 Å². The van der Waals surface area contributed by atoms with E-state index in [9.17, 15) is 4.79 Å². The molecule has 94 valence electrons. The Kier molecular flexibility index (Phi) is 6.42. The molecule has 0 aromatic rings. The Hall–Kier alpha value is -0.610. The summed E-state index contributed by atoms with van der Waals surface area (Å²) in [5.41, 5.74) is 0. The molecule has 1 saturated carbocycles. The maximum atomic E-state index is 11.3. The van der Waals surface area contributed by atoms with Gasteiger partial charge in [-0.15, -0.1) is 0 Å². The second kappa shape index (κ2) is 7.63. The molecule has 1 amide bonds. The second-order valence-corrected chi connectivity index (χ2v) is 4.80. The summed E-state index contributed by atoms with van der Waals surface area (Å²) in [7, 11) is 0. The van der Waals surface area contributed by atoms with Crippen LogP contribution in [-0.4, -0.2) is 38.3 Å². The minimum absolute atomic E-state index is 0.0689. The van der Waals surface area contributed by atoms with E-state index in [4.69, 9.17) is 4.74 Å². The van der Waals surface area contributed by atoms with Crippen LogP contribution in [0.1, 0.15) is 33.1 Å². The number of ether oxygens (including phenoxy) is 1. The van der Waals surface area contributed by atoms with E-state index in [0.29, 0.717) is 31.7 Å². The van der Waals surface area contributed by atoms with Crippen LogP contribution >= 0.6 is 0 Å². The topological polar surface area (TPSA) is 50.4 Å². The van der Waals surface area contributed by atoms with Crippen LogP contribution in [0, 0.1) is 5.92 Å². The lowest BCUT2D eigenvalue weighted by Gasteiger charge is -2.08. The van der Waals surface area contributed by atoms with Gasteiger partial charge >= 0.3 is 0 Å². The van der Waals surface area contributed by atoms with Gasteiger partial charge in [-0.25, -0.2) is 0 Å². The molecule has 1 aliphatic rings. The van der Waals surface area contributed by atoms with Gasteiger partial charge in [0.05, 0.1) is 13.2 Å². The summed E-state index contributed by atoms with van der Waals surface area (Å²) >= 11 is 0. The molecule has 0 radical (unpaired) electrons. The van der Waals surface area contributed by atoms with Gasteiger partial charge < -0.3 is 15.4 Å². The van der Waals surface area contributed by atoms with Crippen LogP contribution in [0.2, 0.25) is 0 Å². The second-order valence-electron chi connectivity index (χ2n) is 4.80. The zero-order valence-corrected chi connectivity index (χ0v) is 10.4. The van der Waals surface area contributed by atoms with Crippen molar-refractivity contribution < 1.29 is 9.53 Å². The third-order valence-electron chi connectivity index (χ3n) is 2.54. The molecule has 4 nitrogen and oxygen atoms in total. The normalized spacial score (nSPS) is 15.4. The van der Waals surface area contributed by atoms with Crippen LogP contribution in [-0.2, 0) is 9.53 Å². The Labute approximate surface area is 98.1 Å². The van der Waals surface area contributed by atoms with Gasteiger partial charge in [0.2, 0.25) is 5.91 Å². The monoisotopic (exact) mass is 228 g/mol. The first kappa shape index (κ1) is 13.5. The van der Waals surface area contributed by atoms with E-state index in [-0.39, 0.29) is 5.91 Å². The van der Waals surface area contributed by atoms with Gasteiger partial charge in [0, 0.05) is 19.2 Å². The van der Waals surface area contributed by atoms with Crippen molar-refractivity contribution in [3.05, 3.63) is 0 Å². The van der Waals surface area contributed by atoms with Crippen molar-refractivity contribution in [3.8, 4) is 0 Å². The highest BCUT2D eigenvalue weighted by atomic mass is 16.5. The summed E-state index contributed by atoms with van der Waals surface area (Å²) in [5, 5.41) is 6.00. The van der Waals surface area contributed by atoms with Crippen LogP contribution in [0.3, 0.4) is 0 Å². The quantitative estimate of drug-likeness (QED) is 0.577. The predicted molar refractivity (Wildman–Crippen MR) is 64.3 cm³/mol. The van der Waals surface area contributed by atoms with E-state index < -0.39 is 0 Å². The summed E-state index contributed by atoms with van der Waals surface area (Å²) in [6.45, 7) is 6.80. The van der Waals surface area contributed by atoms with Crippen molar-refractivity contribution in [1.29, 1.82) is 0 Å². The van der Waals surface area contributed by atoms with E-state index in [1.165, 1.54) is 12.8 Å². The molecule has 2 N–H and O–H groups in total. The van der Waals surface area contributed by atoms with Crippen molar-refractivity contribution in [2.24, 2.45) is 5.92 Å². The van der Waals surface area contributed by atoms with Gasteiger partial charge in [-0.05, 0) is 25.2 Å². The number of nitrogens with one attached hydrogen (secondary N) is 2. The molecule has 0 aliphatic heterocycles. The fraction of sp³-hybridized carbons (Fsp3) is 0.917. The average molecular weight is 228 g/mol. The van der Waals surface area contributed by atoms with E-state index in [1.807, 2.05) is 0 Å². The van der Waals surface area contributed by atoms with Gasteiger partial charge in [-0.1, -0.05) is 13.8 Å². The number of hydrogen-bond donors (Lipinski definition) is 2. The van der Waals surface area contributed by atoms with E-state index in [0.717, 1.165) is 13.0 Å². The number of carbonyl (C=O) groups is 1. The fourth-order valence-electron chi connectivity index (χ4n) is 1.27. The zero-order valence-electron chi connectivity index (χ0n) is 10.4. The highest BCUT2D eigenvalue weighted by molar-refractivity contribution is 5.78. The SMILES string of the molecule is CC(C)CCOCCNC(=O)CNC1CC1. The van der Waals surface area contributed by atoms with Crippen molar-refractivity contribution in [2.45, 2.75) is 39.2 Å². The first-order chi connectivity index (χ1) is 7.68. The number of carbonyl (C=O) groups excluding carboxylic acids is 1. The molecule has 0 heterocycles. The van der Waals surface area contributed by atoms with Crippen molar-refractivity contribution in [2.75, 3.05) is 26.3 Å². The van der Waals surface area contributed by atoms with Crippen molar-refractivity contribution in [3.63, 3.8) is 0 Å². The minimum Gasteiger partial charge on any atom is -0.380 e. The van der Waals surface area contributed by atoms with Crippen LogP contribution in [0.15, 0.2) is 0 Å². The first-order valence-electron chi connectivity index (χ1n) is 6.26. The molecule has 16 heavy (non-hydrogen) atoms. The van der Waals surface area contributed by atoms with Crippen LogP contribution in [0.5, 0.6) is 0 Å². The summed E-state index contributed by atoms with van der Waals surface area (Å²) in [4.78, 5) is 11.3. The molecule has 0 saturated heterocycles. The molecule has 1 rings (SSSR count). The molecule has 0 atom stereocenters. The number of hydrogen-bond acceptors (Lipinski definition) is 3. The lowest BCUT2D eigenvalue weighted by atomic mass is 10.1. The summed E-state index contributed by atoms with van der Waals surface area (Å²) in [6.07, 6.45) is 3.51. The molecule has 1 aliphatic carbocycles. The van der Waals surface area contributed by atoms with Gasteiger partial charge in [-0.3, -0.25) is 4.79 Å². The first-order valence-corrected chi connectivity index (χ1v) is 6.26. The molecular weight excluding hydrogens is 204 g/mol. The lowest BCUT2D eigenvalue weighted by molar-refractivity contribution is -0.120. The Morgan fingerprint density at radius 1 is 1.38 bits per heavy atom.